The van der Waals surface area contributed by atoms with E-state index in [1.807, 2.05) is 6.07 Å². The quantitative estimate of drug-likeness (QED) is 0.750. The van der Waals surface area contributed by atoms with Crippen molar-refractivity contribution in [2.24, 2.45) is 5.92 Å². The first-order valence-corrected chi connectivity index (χ1v) is 7.84. The molecule has 20 heavy (non-hydrogen) atoms. The van der Waals surface area contributed by atoms with E-state index in [0.29, 0.717) is 0 Å². The maximum atomic E-state index is 4.75. The Balaban J connectivity index is 2.07. The van der Waals surface area contributed by atoms with Gasteiger partial charge in [-0.05, 0) is 37.0 Å². The Labute approximate surface area is 122 Å². The second-order valence-corrected chi connectivity index (χ2v) is 5.64. The lowest BCUT2D eigenvalue weighted by atomic mass is 9.99. The summed E-state index contributed by atoms with van der Waals surface area (Å²) in [5, 5.41) is 4.77. The maximum absolute atomic E-state index is 4.75. The van der Waals surface area contributed by atoms with E-state index in [9.17, 15) is 0 Å². The van der Waals surface area contributed by atoms with Gasteiger partial charge in [-0.1, -0.05) is 51.3 Å². The van der Waals surface area contributed by atoms with Gasteiger partial charge in [0.1, 0.15) is 5.82 Å². The molecule has 2 heteroatoms. The Kier molecular flexibility index (Phi) is 5.40. The molecule has 1 heterocycles. The third kappa shape index (κ3) is 3.72. The van der Waals surface area contributed by atoms with Crippen LogP contribution in [0.3, 0.4) is 0 Å². The van der Waals surface area contributed by atoms with Crippen molar-refractivity contribution in [1.82, 2.24) is 4.98 Å². The lowest BCUT2D eigenvalue weighted by Gasteiger charge is -2.17. The van der Waals surface area contributed by atoms with Crippen LogP contribution in [0.15, 0.2) is 30.3 Å². The van der Waals surface area contributed by atoms with Crippen LogP contribution in [-0.2, 0) is 0 Å². The minimum Gasteiger partial charge on any atom is -0.370 e. The minimum atomic E-state index is 0.752. The van der Waals surface area contributed by atoms with Gasteiger partial charge in [-0.2, -0.15) is 0 Å². The molecule has 2 aromatic rings. The van der Waals surface area contributed by atoms with Crippen LogP contribution in [0.4, 0.5) is 5.82 Å². The van der Waals surface area contributed by atoms with Crippen molar-refractivity contribution in [2.75, 3.05) is 11.9 Å². The van der Waals surface area contributed by atoms with Gasteiger partial charge < -0.3 is 5.32 Å². The van der Waals surface area contributed by atoms with Crippen LogP contribution >= 0.6 is 0 Å². The molecule has 0 fully saturated rings. The summed E-state index contributed by atoms with van der Waals surface area (Å²) < 4.78 is 0. The Hall–Kier alpha value is -1.57. The van der Waals surface area contributed by atoms with Crippen LogP contribution in [0.25, 0.3) is 10.9 Å². The van der Waals surface area contributed by atoms with Crippen LogP contribution in [0.2, 0.25) is 0 Å². The molecule has 0 aliphatic rings. The second-order valence-electron chi connectivity index (χ2n) is 5.64. The second kappa shape index (κ2) is 7.28. The summed E-state index contributed by atoms with van der Waals surface area (Å²) in [5.74, 6) is 1.79. The predicted octanol–water partition coefficient (Wildman–Crippen LogP) is 5.17. The summed E-state index contributed by atoms with van der Waals surface area (Å²) in [6, 6.07) is 10.5. The molecule has 2 nitrogen and oxygen atoms in total. The Morgan fingerprint density at radius 2 is 2.00 bits per heavy atom. The van der Waals surface area contributed by atoms with Gasteiger partial charge >= 0.3 is 0 Å². The highest BCUT2D eigenvalue weighted by atomic mass is 15.0. The molecule has 0 radical (unpaired) electrons. The monoisotopic (exact) mass is 270 g/mol. The fourth-order valence-electron chi connectivity index (χ4n) is 2.58. The van der Waals surface area contributed by atoms with Crippen LogP contribution in [0.1, 0.15) is 45.1 Å². The van der Waals surface area contributed by atoms with Gasteiger partial charge in [0, 0.05) is 11.9 Å². The molecule has 0 amide bonds. The molecular weight excluding hydrogens is 244 g/mol. The number of aryl methyl sites for hydroxylation is 1. The molecule has 0 saturated carbocycles. The largest absolute Gasteiger partial charge is 0.370 e. The van der Waals surface area contributed by atoms with Crippen LogP contribution in [0, 0.1) is 12.8 Å². The van der Waals surface area contributed by atoms with Gasteiger partial charge in [0.25, 0.3) is 0 Å². The number of fused-ring (bicyclic) bond motifs is 1. The summed E-state index contributed by atoms with van der Waals surface area (Å²) in [4.78, 5) is 4.75. The minimum absolute atomic E-state index is 0.752. The van der Waals surface area contributed by atoms with Crippen LogP contribution < -0.4 is 5.32 Å². The fourth-order valence-corrected chi connectivity index (χ4v) is 2.58. The van der Waals surface area contributed by atoms with Crippen LogP contribution in [-0.4, -0.2) is 11.5 Å². The zero-order valence-electron chi connectivity index (χ0n) is 12.9. The summed E-state index contributed by atoms with van der Waals surface area (Å²) >= 11 is 0. The standard InChI is InChI=1S/C18H26N2/c1-4-6-9-15(5-2)13-19-18-14(3)12-16-10-7-8-11-17(16)20-18/h7-8,10-12,15H,4-6,9,13H2,1-3H3,(H,19,20). The van der Waals surface area contributed by atoms with Gasteiger partial charge in [-0.3, -0.25) is 0 Å². The highest BCUT2D eigenvalue weighted by Gasteiger charge is 2.08. The van der Waals surface area contributed by atoms with Crippen molar-refractivity contribution in [3.8, 4) is 0 Å². The van der Waals surface area contributed by atoms with E-state index >= 15 is 0 Å². The van der Waals surface area contributed by atoms with E-state index in [-0.39, 0.29) is 0 Å². The summed E-state index contributed by atoms with van der Waals surface area (Å²) in [5.41, 5.74) is 2.30. The van der Waals surface area contributed by atoms with E-state index in [1.165, 1.54) is 36.6 Å². The van der Waals surface area contributed by atoms with Crippen molar-refractivity contribution >= 4 is 16.7 Å². The van der Waals surface area contributed by atoms with Crippen molar-refractivity contribution in [3.63, 3.8) is 0 Å². The molecule has 1 aromatic carbocycles. The molecular formula is C18H26N2. The highest BCUT2D eigenvalue weighted by molar-refractivity contribution is 5.81. The first-order valence-electron chi connectivity index (χ1n) is 7.84. The summed E-state index contributed by atoms with van der Waals surface area (Å²) in [7, 11) is 0. The molecule has 0 bridgehead atoms. The number of anilines is 1. The number of nitrogens with one attached hydrogen (secondary N) is 1. The number of unbranched alkanes of at least 4 members (excludes halogenated alkanes) is 1. The van der Waals surface area contributed by atoms with Crippen LogP contribution in [0.5, 0.6) is 0 Å². The maximum Gasteiger partial charge on any atom is 0.129 e. The number of aromatic nitrogens is 1. The third-order valence-corrected chi connectivity index (χ3v) is 4.02. The predicted molar refractivity (Wildman–Crippen MR) is 88.3 cm³/mol. The van der Waals surface area contributed by atoms with Gasteiger partial charge in [0.15, 0.2) is 0 Å². The van der Waals surface area contributed by atoms with E-state index in [2.05, 4.69) is 50.4 Å². The first kappa shape index (κ1) is 14.8. The molecule has 0 aliphatic carbocycles. The molecule has 1 unspecified atom stereocenters. The number of benzene rings is 1. The lowest BCUT2D eigenvalue weighted by Crippen LogP contribution is -2.15. The molecule has 0 spiro atoms. The van der Waals surface area contributed by atoms with Crippen molar-refractivity contribution in [3.05, 3.63) is 35.9 Å². The highest BCUT2D eigenvalue weighted by Crippen LogP contribution is 2.21. The first-order chi connectivity index (χ1) is 9.74. The third-order valence-electron chi connectivity index (χ3n) is 4.02. The summed E-state index contributed by atoms with van der Waals surface area (Å²) in [6.45, 7) is 7.70. The SMILES string of the molecule is CCCCC(CC)CNc1nc2ccccc2cc1C. The van der Waals surface area contributed by atoms with Crippen molar-refractivity contribution < 1.29 is 0 Å². The van der Waals surface area contributed by atoms with E-state index < -0.39 is 0 Å². The van der Waals surface area contributed by atoms with Gasteiger partial charge in [-0.25, -0.2) is 4.98 Å². The van der Waals surface area contributed by atoms with Gasteiger partial charge in [0.05, 0.1) is 5.52 Å². The lowest BCUT2D eigenvalue weighted by molar-refractivity contribution is 0.472. The number of para-hydroxylation sites is 1. The number of hydrogen-bond donors (Lipinski definition) is 1. The van der Waals surface area contributed by atoms with Gasteiger partial charge in [0.2, 0.25) is 0 Å². The normalized spacial score (nSPS) is 12.6. The average Bonchev–Trinajstić information content (AvgIpc) is 2.47. The Morgan fingerprint density at radius 1 is 1.20 bits per heavy atom. The molecule has 1 aromatic heterocycles. The van der Waals surface area contributed by atoms with Crippen molar-refractivity contribution in [2.45, 2.75) is 46.5 Å². The van der Waals surface area contributed by atoms with Gasteiger partial charge in [-0.15, -0.1) is 0 Å². The molecule has 0 saturated heterocycles. The zero-order valence-corrected chi connectivity index (χ0v) is 12.9. The van der Waals surface area contributed by atoms with E-state index in [1.54, 1.807) is 0 Å². The molecule has 0 aliphatic heterocycles. The molecule has 1 atom stereocenters. The van der Waals surface area contributed by atoms with Crippen molar-refractivity contribution in [1.29, 1.82) is 0 Å². The smallest absolute Gasteiger partial charge is 0.129 e. The van der Waals surface area contributed by atoms with E-state index in [4.69, 9.17) is 4.98 Å². The zero-order chi connectivity index (χ0) is 14.4. The average molecular weight is 270 g/mol. The Bertz CT molecular complexity index is 548. The van der Waals surface area contributed by atoms with E-state index in [0.717, 1.165) is 23.8 Å². The number of nitrogens with zero attached hydrogens (tertiary/aromatic N) is 1. The molecule has 2 rings (SSSR count). The Morgan fingerprint density at radius 3 is 2.75 bits per heavy atom. The molecule has 1 N–H and O–H groups in total. The number of pyridine rings is 1. The summed E-state index contributed by atoms with van der Waals surface area (Å²) in [6.07, 6.45) is 5.15. The topological polar surface area (TPSA) is 24.9 Å². The fraction of sp³-hybridized carbons (Fsp3) is 0.500. The number of hydrogen-bond acceptors (Lipinski definition) is 2. The molecule has 108 valence electrons. The number of rotatable bonds is 7.